The molecule has 0 amide bonds. The Morgan fingerprint density at radius 1 is 1.26 bits per heavy atom. The largest absolute Gasteiger partial charge is 0.390 e. The van der Waals surface area contributed by atoms with Crippen LogP contribution < -0.4 is 0 Å². The van der Waals surface area contributed by atoms with Crippen LogP contribution in [0, 0.1) is 0 Å². The molecule has 0 bridgehead atoms. The van der Waals surface area contributed by atoms with Crippen molar-refractivity contribution in [3.8, 4) is 0 Å². The molecule has 0 saturated carbocycles. The SMILES string of the molecule is CCc1ccc(CC(O)C2CN(CC)CCO2)cc1. The number of aliphatic hydroxyl groups excluding tert-OH is 1. The topological polar surface area (TPSA) is 32.7 Å². The molecule has 1 N–H and O–H groups in total. The molecule has 1 fully saturated rings. The Hall–Kier alpha value is -0.900. The van der Waals surface area contributed by atoms with Gasteiger partial charge in [0.2, 0.25) is 0 Å². The second-order valence-electron chi connectivity index (χ2n) is 5.24. The van der Waals surface area contributed by atoms with Crippen molar-refractivity contribution < 1.29 is 9.84 Å². The molecule has 1 heterocycles. The lowest BCUT2D eigenvalue weighted by Crippen LogP contribution is -2.48. The minimum Gasteiger partial charge on any atom is -0.390 e. The highest BCUT2D eigenvalue weighted by Gasteiger charge is 2.26. The van der Waals surface area contributed by atoms with E-state index in [4.69, 9.17) is 4.74 Å². The van der Waals surface area contributed by atoms with E-state index in [1.165, 1.54) is 11.1 Å². The summed E-state index contributed by atoms with van der Waals surface area (Å²) in [7, 11) is 0. The molecule has 1 aromatic carbocycles. The highest BCUT2D eigenvalue weighted by Crippen LogP contribution is 2.14. The van der Waals surface area contributed by atoms with Crippen molar-refractivity contribution in [1.29, 1.82) is 0 Å². The monoisotopic (exact) mass is 263 g/mol. The van der Waals surface area contributed by atoms with E-state index < -0.39 is 6.10 Å². The maximum Gasteiger partial charge on any atom is 0.0964 e. The third-order valence-corrected chi connectivity index (χ3v) is 3.93. The lowest BCUT2D eigenvalue weighted by Gasteiger charge is -2.34. The highest BCUT2D eigenvalue weighted by molar-refractivity contribution is 5.23. The fourth-order valence-electron chi connectivity index (χ4n) is 2.54. The summed E-state index contributed by atoms with van der Waals surface area (Å²) < 4.78 is 5.70. The number of hydrogen-bond acceptors (Lipinski definition) is 3. The molecule has 2 rings (SSSR count). The van der Waals surface area contributed by atoms with E-state index >= 15 is 0 Å². The molecule has 106 valence electrons. The lowest BCUT2D eigenvalue weighted by atomic mass is 10.0. The smallest absolute Gasteiger partial charge is 0.0964 e. The van der Waals surface area contributed by atoms with Gasteiger partial charge < -0.3 is 9.84 Å². The van der Waals surface area contributed by atoms with Gasteiger partial charge in [0.25, 0.3) is 0 Å². The maximum absolute atomic E-state index is 10.3. The van der Waals surface area contributed by atoms with E-state index in [0.717, 1.165) is 32.7 Å². The first-order chi connectivity index (χ1) is 9.22. The van der Waals surface area contributed by atoms with Gasteiger partial charge in [-0.05, 0) is 24.1 Å². The minimum absolute atomic E-state index is 0.0560. The molecule has 0 aromatic heterocycles. The van der Waals surface area contributed by atoms with Crippen LogP contribution in [0.15, 0.2) is 24.3 Å². The van der Waals surface area contributed by atoms with Crippen molar-refractivity contribution in [2.24, 2.45) is 0 Å². The normalized spacial score (nSPS) is 22.4. The molecule has 0 spiro atoms. The van der Waals surface area contributed by atoms with Gasteiger partial charge in [-0.15, -0.1) is 0 Å². The number of benzene rings is 1. The van der Waals surface area contributed by atoms with Crippen LogP contribution >= 0.6 is 0 Å². The number of morpholine rings is 1. The van der Waals surface area contributed by atoms with Crippen LogP contribution in [0.2, 0.25) is 0 Å². The zero-order valence-electron chi connectivity index (χ0n) is 12.0. The number of nitrogens with zero attached hydrogens (tertiary/aromatic N) is 1. The molecule has 1 aromatic rings. The predicted molar refractivity (Wildman–Crippen MR) is 77.4 cm³/mol. The van der Waals surface area contributed by atoms with E-state index in [0.29, 0.717) is 6.42 Å². The molecular formula is C16H25NO2. The molecule has 0 radical (unpaired) electrons. The van der Waals surface area contributed by atoms with E-state index in [2.05, 4.69) is 43.0 Å². The number of likely N-dealkylation sites (N-methyl/N-ethyl adjacent to an activating group) is 1. The molecule has 2 unspecified atom stereocenters. The van der Waals surface area contributed by atoms with Gasteiger partial charge in [0, 0.05) is 19.5 Å². The molecule has 19 heavy (non-hydrogen) atoms. The Morgan fingerprint density at radius 2 is 1.95 bits per heavy atom. The maximum atomic E-state index is 10.3. The average Bonchev–Trinajstić information content (AvgIpc) is 2.48. The van der Waals surface area contributed by atoms with Crippen LogP contribution in [0.5, 0.6) is 0 Å². The number of rotatable bonds is 5. The molecule has 0 aliphatic carbocycles. The molecule has 1 aliphatic rings. The van der Waals surface area contributed by atoms with Crippen LogP contribution in [-0.4, -0.2) is 48.5 Å². The van der Waals surface area contributed by atoms with Gasteiger partial charge in [-0.2, -0.15) is 0 Å². The Labute approximate surface area is 116 Å². The standard InChI is InChI=1S/C16H25NO2/c1-3-13-5-7-14(8-6-13)11-15(18)16-12-17(4-2)9-10-19-16/h5-8,15-16,18H,3-4,9-12H2,1-2H3. The summed E-state index contributed by atoms with van der Waals surface area (Å²) >= 11 is 0. The van der Waals surface area contributed by atoms with E-state index in [1.54, 1.807) is 0 Å². The Balaban J connectivity index is 1.90. The summed E-state index contributed by atoms with van der Waals surface area (Å²) in [5, 5.41) is 10.3. The Kier molecular flexibility index (Phi) is 5.37. The van der Waals surface area contributed by atoms with Crippen molar-refractivity contribution in [2.75, 3.05) is 26.2 Å². The molecule has 3 heteroatoms. The molecule has 1 saturated heterocycles. The highest BCUT2D eigenvalue weighted by atomic mass is 16.5. The molecule has 2 atom stereocenters. The van der Waals surface area contributed by atoms with Crippen LogP contribution in [-0.2, 0) is 17.6 Å². The van der Waals surface area contributed by atoms with E-state index in [-0.39, 0.29) is 6.10 Å². The summed E-state index contributed by atoms with van der Waals surface area (Å²) in [5.74, 6) is 0. The first kappa shape index (κ1) is 14.5. The zero-order valence-corrected chi connectivity index (χ0v) is 12.0. The van der Waals surface area contributed by atoms with Gasteiger partial charge in [-0.1, -0.05) is 38.1 Å². The van der Waals surface area contributed by atoms with Gasteiger partial charge in [-0.3, -0.25) is 4.90 Å². The van der Waals surface area contributed by atoms with Gasteiger partial charge >= 0.3 is 0 Å². The molecule has 3 nitrogen and oxygen atoms in total. The molecular weight excluding hydrogens is 238 g/mol. The number of aryl methyl sites for hydroxylation is 1. The predicted octanol–water partition coefficient (Wildman–Crippen LogP) is 1.87. The van der Waals surface area contributed by atoms with Crippen LogP contribution in [0.1, 0.15) is 25.0 Å². The van der Waals surface area contributed by atoms with E-state index in [1.807, 2.05) is 0 Å². The van der Waals surface area contributed by atoms with Gasteiger partial charge in [-0.25, -0.2) is 0 Å². The first-order valence-electron chi connectivity index (χ1n) is 7.32. The zero-order chi connectivity index (χ0) is 13.7. The van der Waals surface area contributed by atoms with Crippen LogP contribution in [0.3, 0.4) is 0 Å². The summed E-state index contributed by atoms with van der Waals surface area (Å²) in [4.78, 5) is 2.33. The Bertz CT molecular complexity index is 377. The second kappa shape index (κ2) is 7.04. The second-order valence-corrected chi connectivity index (χ2v) is 5.24. The first-order valence-corrected chi connectivity index (χ1v) is 7.32. The van der Waals surface area contributed by atoms with Crippen molar-refractivity contribution in [3.05, 3.63) is 35.4 Å². The summed E-state index contributed by atoms with van der Waals surface area (Å²) in [6.45, 7) is 7.87. The van der Waals surface area contributed by atoms with Crippen LogP contribution in [0.25, 0.3) is 0 Å². The van der Waals surface area contributed by atoms with E-state index in [9.17, 15) is 5.11 Å². The third-order valence-electron chi connectivity index (χ3n) is 3.93. The van der Waals surface area contributed by atoms with Crippen molar-refractivity contribution in [2.45, 2.75) is 38.9 Å². The average molecular weight is 263 g/mol. The quantitative estimate of drug-likeness (QED) is 0.880. The lowest BCUT2D eigenvalue weighted by molar-refractivity contribution is -0.0867. The molecule has 1 aliphatic heterocycles. The third kappa shape index (κ3) is 4.03. The van der Waals surface area contributed by atoms with Crippen molar-refractivity contribution in [3.63, 3.8) is 0 Å². The van der Waals surface area contributed by atoms with Gasteiger partial charge in [0.1, 0.15) is 0 Å². The van der Waals surface area contributed by atoms with Crippen LogP contribution in [0.4, 0.5) is 0 Å². The number of ether oxygens (including phenoxy) is 1. The van der Waals surface area contributed by atoms with Gasteiger partial charge in [0.15, 0.2) is 0 Å². The van der Waals surface area contributed by atoms with Gasteiger partial charge in [0.05, 0.1) is 18.8 Å². The Morgan fingerprint density at radius 3 is 2.58 bits per heavy atom. The van der Waals surface area contributed by atoms with Crippen molar-refractivity contribution >= 4 is 0 Å². The van der Waals surface area contributed by atoms with Crippen molar-refractivity contribution in [1.82, 2.24) is 4.90 Å². The summed E-state index contributed by atoms with van der Waals surface area (Å²) in [6, 6.07) is 8.51. The number of aliphatic hydroxyl groups is 1. The minimum atomic E-state index is -0.415. The fraction of sp³-hybridized carbons (Fsp3) is 0.625. The summed E-state index contributed by atoms with van der Waals surface area (Å²) in [5.41, 5.74) is 2.52. The summed E-state index contributed by atoms with van der Waals surface area (Å²) in [6.07, 6.45) is 1.26. The number of hydrogen-bond donors (Lipinski definition) is 1. The fourth-order valence-corrected chi connectivity index (χ4v) is 2.54.